The highest BCUT2D eigenvalue weighted by atomic mass is 14.1. The van der Waals surface area contributed by atoms with Crippen molar-refractivity contribution in [2.24, 2.45) is 0 Å². The lowest BCUT2D eigenvalue weighted by molar-refractivity contribution is 1.09. The van der Waals surface area contributed by atoms with Gasteiger partial charge in [-0.15, -0.1) is 0 Å². The van der Waals surface area contributed by atoms with Gasteiger partial charge in [-0.2, -0.15) is 0 Å². The molecule has 2 aromatic carbocycles. The molecule has 2 aromatic rings. The van der Waals surface area contributed by atoms with Crippen molar-refractivity contribution in [2.75, 3.05) is 0 Å². The lowest BCUT2D eigenvalue weighted by Gasteiger charge is -2.09. The fourth-order valence-electron chi connectivity index (χ4n) is 2.55. The van der Waals surface area contributed by atoms with E-state index in [2.05, 4.69) is 90.6 Å². The van der Waals surface area contributed by atoms with Gasteiger partial charge in [0.1, 0.15) is 0 Å². The lowest BCUT2D eigenvalue weighted by atomic mass is 9.96. The standard InChI is InChI=1S/C20H22.C3H8/c1-6-18-8-10-20(16(4)12-18)17(5)13-19-9-7-14(2)11-15(19)3;1-3-2/h6-13H,1H2,2-5H3;3H2,1-2H3/b17-13+;. The highest BCUT2D eigenvalue weighted by molar-refractivity contribution is 5.82. The first-order valence-electron chi connectivity index (χ1n) is 8.41. The Hall–Kier alpha value is -2.08. The van der Waals surface area contributed by atoms with E-state index in [1.165, 1.54) is 45.4 Å². The van der Waals surface area contributed by atoms with E-state index in [1.807, 2.05) is 6.08 Å². The molecule has 0 aliphatic carbocycles. The third kappa shape index (κ3) is 5.56. The summed E-state index contributed by atoms with van der Waals surface area (Å²) in [5.74, 6) is 0. The van der Waals surface area contributed by atoms with Gasteiger partial charge in [-0.1, -0.05) is 81.0 Å². The number of allylic oxidation sites excluding steroid dienone is 1. The smallest absolute Gasteiger partial charge is 0.0197 e. The maximum absolute atomic E-state index is 3.82. The second-order valence-electron chi connectivity index (χ2n) is 6.17. The van der Waals surface area contributed by atoms with Crippen LogP contribution in [-0.4, -0.2) is 0 Å². The molecule has 0 unspecified atom stereocenters. The van der Waals surface area contributed by atoms with Gasteiger partial charge in [0.25, 0.3) is 0 Å². The number of hydrogen-bond acceptors (Lipinski definition) is 0. The minimum Gasteiger partial charge on any atom is -0.0985 e. The lowest BCUT2D eigenvalue weighted by Crippen LogP contribution is -1.88. The molecule has 0 amide bonds. The predicted octanol–water partition coefficient (Wildman–Crippen LogP) is 7.23. The third-order valence-corrected chi connectivity index (χ3v) is 3.71. The van der Waals surface area contributed by atoms with Crippen molar-refractivity contribution in [3.05, 3.63) is 76.4 Å². The molecule has 0 nitrogen and oxygen atoms in total. The summed E-state index contributed by atoms with van der Waals surface area (Å²) in [6.07, 6.45) is 5.41. The largest absolute Gasteiger partial charge is 0.0985 e. The van der Waals surface area contributed by atoms with E-state index in [9.17, 15) is 0 Å². The molecule has 0 aromatic heterocycles. The van der Waals surface area contributed by atoms with Crippen LogP contribution in [0.3, 0.4) is 0 Å². The zero-order valence-electron chi connectivity index (χ0n) is 15.5. The van der Waals surface area contributed by atoms with Gasteiger partial charge in [0.15, 0.2) is 0 Å². The molecule has 2 rings (SSSR count). The van der Waals surface area contributed by atoms with Gasteiger partial charge in [-0.25, -0.2) is 0 Å². The van der Waals surface area contributed by atoms with E-state index in [0.29, 0.717) is 0 Å². The fourth-order valence-corrected chi connectivity index (χ4v) is 2.55. The molecule has 0 atom stereocenters. The normalized spacial score (nSPS) is 10.8. The van der Waals surface area contributed by atoms with Crippen LogP contribution < -0.4 is 0 Å². The number of hydrogen-bond donors (Lipinski definition) is 0. The third-order valence-electron chi connectivity index (χ3n) is 3.71. The maximum atomic E-state index is 3.82. The zero-order valence-corrected chi connectivity index (χ0v) is 15.5. The van der Waals surface area contributed by atoms with Crippen LogP contribution in [0.25, 0.3) is 17.7 Å². The predicted molar refractivity (Wildman–Crippen MR) is 107 cm³/mol. The second-order valence-corrected chi connectivity index (χ2v) is 6.17. The Labute approximate surface area is 142 Å². The van der Waals surface area contributed by atoms with Crippen LogP contribution in [0.4, 0.5) is 0 Å². The molecule has 0 saturated carbocycles. The van der Waals surface area contributed by atoms with Gasteiger partial charge in [0, 0.05) is 0 Å². The van der Waals surface area contributed by atoms with Crippen LogP contribution in [0.5, 0.6) is 0 Å². The van der Waals surface area contributed by atoms with E-state index in [-0.39, 0.29) is 0 Å². The summed E-state index contributed by atoms with van der Waals surface area (Å²) in [7, 11) is 0. The molecular formula is C23H30. The minimum atomic E-state index is 1.17. The molecule has 0 fully saturated rings. The summed E-state index contributed by atoms with van der Waals surface area (Å²) in [4.78, 5) is 0. The number of benzene rings is 2. The van der Waals surface area contributed by atoms with E-state index >= 15 is 0 Å². The quantitative estimate of drug-likeness (QED) is 0.524. The Balaban J connectivity index is 0.000000816. The van der Waals surface area contributed by atoms with E-state index < -0.39 is 0 Å². The second kappa shape index (κ2) is 9.15. The summed E-state index contributed by atoms with van der Waals surface area (Å²) in [6, 6.07) is 13.1. The van der Waals surface area contributed by atoms with Gasteiger partial charge >= 0.3 is 0 Å². The summed E-state index contributed by atoms with van der Waals surface area (Å²) in [5.41, 5.74) is 8.99. The van der Waals surface area contributed by atoms with Crippen LogP contribution in [-0.2, 0) is 0 Å². The molecule has 0 heteroatoms. The Morgan fingerprint density at radius 3 is 2.13 bits per heavy atom. The average molecular weight is 306 g/mol. The number of aryl methyl sites for hydroxylation is 3. The Kier molecular flexibility index (Phi) is 7.54. The van der Waals surface area contributed by atoms with Crippen molar-refractivity contribution >= 4 is 17.7 Å². The highest BCUT2D eigenvalue weighted by Crippen LogP contribution is 2.24. The maximum Gasteiger partial charge on any atom is -0.0197 e. The van der Waals surface area contributed by atoms with Gasteiger partial charge in [-0.05, 0) is 61.1 Å². The van der Waals surface area contributed by atoms with E-state index in [4.69, 9.17) is 0 Å². The summed E-state index contributed by atoms with van der Waals surface area (Å²) in [6.45, 7) is 16.7. The molecule has 0 N–H and O–H groups in total. The zero-order chi connectivity index (χ0) is 17.4. The van der Waals surface area contributed by atoms with Crippen molar-refractivity contribution in [1.82, 2.24) is 0 Å². The molecule has 0 aliphatic rings. The van der Waals surface area contributed by atoms with Gasteiger partial charge in [0.2, 0.25) is 0 Å². The van der Waals surface area contributed by atoms with Crippen LogP contribution in [0.1, 0.15) is 60.6 Å². The first kappa shape index (κ1) is 19.0. The highest BCUT2D eigenvalue weighted by Gasteiger charge is 2.03. The molecule has 122 valence electrons. The average Bonchev–Trinajstić information content (AvgIpc) is 2.50. The molecule has 0 bridgehead atoms. The Bertz CT molecular complexity index is 687. The van der Waals surface area contributed by atoms with Crippen molar-refractivity contribution in [2.45, 2.75) is 48.0 Å². The summed E-state index contributed by atoms with van der Waals surface area (Å²) < 4.78 is 0. The molecule has 0 radical (unpaired) electrons. The van der Waals surface area contributed by atoms with E-state index in [1.54, 1.807) is 0 Å². The van der Waals surface area contributed by atoms with Gasteiger partial charge < -0.3 is 0 Å². The monoisotopic (exact) mass is 306 g/mol. The van der Waals surface area contributed by atoms with Crippen molar-refractivity contribution in [1.29, 1.82) is 0 Å². The van der Waals surface area contributed by atoms with Crippen LogP contribution in [0, 0.1) is 20.8 Å². The molecule has 0 aliphatic heterocycles. The molecule has 23 heavy (non-hydrogen) atoms. The molecule has 0 spiro atoms. The summed E-state index contributed by atoms with van der Waals surface area (Å²) in [5, 5.41) is 0. The molecule has 0 heterocycles. The van der Waals surface area contributed by atoms with Gasteiger partial charge in [0.05, 0.1) is 0 Å². The first-order valence-corrected chi connectivity index (χ1v) is 8.41. The molecular weight excluding hydrogens is 276 g/mol. The first-order chi connectivity index (χ1) is 10.9. The van der Waals surface area contributed by atoms with Crippen molar-refractivity contribution in [3.8, 4) is 0 Å². The minimum absolute atomic E-state index is 1.17. The Morgan fingerprint density at radius 2 is 1.61 bits per heavy atom. The molecule has 0 saturated heterocycles. The number of rotatable bonds is 3. The fraction of sp³-hybridized carbons (Fsp3) is 0.304. The van der Waals surface area contributed by atoms with Crippen LogP contribution >= 0.6 is 0 Å². The topological polar surface area (TPSA) is 0 Å². The van der Waals surface area contributed by atoms with Crippen molar-refractivity contribution < 1.29 is 0 Å². The van der Waals surface area contributed by atoms with Crippen LogP contribution in [0.15, 0.2) is 43.0 Å². The van der Waals surface area contributed by atoms with Crippen LogP contribution in [0.2, 0.25) is 0 Å². The van der Waals surface area contributed by atoms with E-state index in [0.717, 1.165) is 0 Å². The van der Waals surface area contributed by atoms with Crippen molar-refractivity contribution in [3.63, 3.8) is 0 Å². The SMILES string of the molecule is C=Cc1ccc(/C(C)=C/c2ccc(C)cc2C)c(C)c1.CCC. The summed E-state index contributed by atoms with van der Waals surface area (Å²) >= 11 is 0. The van der Waals surface area contributed by atoms with Gasteiger partial charge in [-0.3, -0.25) is 0 Å². The Morgan fingerprint density at radius 1 is 0.957 bits per heavy atom.